The molecule has 1 atom stereocenters. The SMILES string of the molecule is NNC(c1cc(Cl)ccc1I)c1cccc(Cl)c1Cl. The van der Waals surface area contributed by atoms with Gasteiger partial charge < -0.3 is 0 Å². The molecule has 0 saturated carbocycles. The Morgan fingerprint density at radius 1 is 1.05 bits per heavy atom. The highest BCUT2D eigenvalue weighted by Gasteiger charge is 2.19. The molecule has 0 amide bonds. The van der Waals surface area contributed by atoms with E-state index in [1.807, 2.05) is 30.3 Å². The summed E-state index contributed by atoms with van der Waals surface area (Å²) in [6, 6.07) is 10.8. The first-order valence-corrected chi connectivity index (χ1v) is 7.61. The van der Waals surface area contributed by atoms with Crippen molar-refractivity contribution in [3.05, 3.63) is 66.2 Å². The van der Waals surface area contributed by atoms with Gasteiger partial charge in [-0.1, -0.05) is 46.9 Å². The summed E-state index contributed by atoms with van der Waals surface area (Å²) in [5.74, 6) is 5.68. The monoisotopic (exact) mass is 426 g/mol. The lowest BCUT2D eigenvalue weighted by Gasteiger charge is -2.20. The third kappa shape index (κ3) is 3.35. The summed E-state index contributed by atoms with van der Waals surface area (Å²) < 4.78 is 1.04. The largest absolute Gasteiger partial charge is 0.271 e. The van der Waals surface area contributed by atoms with Gasteiger partial charge in [-0.05, 0) is 58.0 Å². The standard InChI is InChI=1S/C13H10Cl3IN2/c14-7-4-5-11(17)9(6-7)13(19-18)8-2-1-3-10(15)12(8)16/h1-6,13,19H,18H2. The number of hydrogen-bond donors (Lipinski definition) is 2. The Kier molecular flexibility index (Phi) is 5.34. The van der Waals surface area contributed by atoms with Crippen LogP contribution in [0.25, 0.3) is 0 Å². The first kappa shape index (κ1) is 15.4. The quantitative estimate of drug-likeness (QED) is 0.419. The lowest BCUT2D eigenvalue weighted by Crippen LogP contribution is -2.29. The van der Waals surface area contributed by atoms with Crippen LogP contribution in [0, 0.1) is 3.57 Å². The second kappa shape index (κ2) is 6.61. The summed E-state index contributed by atoms with van der Waals surface area (Å²) >= 11 is 20.6. The summed E-state index contributed by atoms with van der Waals surface area (Å²) in [4.78, 5) is 0. The van der Waals surface area contributed by atoms with Gasteiger partial charge in [0.1, 0.15) is 0 Å². The van der Waals surface area contributed by atoms with Gasteiger partial charge in [0.15, 0.2) is 0 Å². The van der Waals surface area contributed by atoms with E-state index in [4.69, 9.17) is 40.6 Å². The van der Waals surface area contributed by atoms with Crippen LogP contribution in [-0.2, 0) is 0 Å². The van der Waals surface area contributed by atoms with Gasteiger partial charge in [0.05, 0.1) is 16.1 Å². The minimum Gasteiger partial charge on any atom is -0.271 e. The fourth-order valence-electron chi connectivity index (χ4n) is 1.83. The van der Waals surface area contributed by atoms with E-state index >= 15 is 0 Å². The fourth-order valence-corrected chi connectivity index (χ4v) is 3.07. The molecule has 0 heterocycles. The predicted octanol–water partition coefficient (Wildman–Crippen LogP) is 4.80. The zero-order valence-electron chi connectivity index (χ0n) is 9.63. The van der Waals surface area contributed by atoms with Crippen molar-refractivity contribution in [1.29, 1.82) is 0 Å². The molecular weight excluding hydrogens is 417 g/mol. The number of halogens is 4. The molecule has 6 heteroatoms. The Bertz CT molecular complexity index is 602. The highest BCUT2D eigenvalue weighted by atomic mass is 127. The lowest BCUT2D eigenvalue weighted by atomic mass is 9.99. The van der Waals surface area contributed by atoms with Crippen molar-refractivity contribution < 1.29 is 0 Å². The van der Waals surface area contributed by atoms with Crippen LogP contribution in [0.1, 0.15) is 17.2 Å². The summed E-state index contributed by atoms with van der Waals surface area (Å²) in [5.41, 5.74) is 4.54. The Balaban J connectivity index is 2.56. The molecule has 0 aliphatic rings. The molecular formula is C13H10Cl3IN2. The van der Waals surface area contributed by atoms with Crippen molar-refractivity contribution in [2.24, 2.45) is 5.84 Å². The lowest BCUT2D eigenvalue weighted by molar-refractivity contribution is 0.634. The van der Waals surface area contributed by atoms with Gasteiger partial charge in [-0.2, -0.15) is 0 Å². The molecule has 2 aromatic rings. The van der Waals surface area contributed by atoms with Crippen LogP contribution < -0.4 is 11.3 Å². The van der Waals surface area contributed by atoms with E-state index in [0.29, 0.717) is 15.1 Å². The smallest absolute Gasteiger partial charge is 0.0735 e. The molecule has 0 aromatic heterocycles. The molecule has 0 bridgehead atoms. The van der Waals surface area contributed by atoms with Gasteiger partial charge in [0, 0.05) is 8.59 Å². The first-order chi connectivity index (χ1) is 9.04. The van der Waals surface area contributed by atoms with Gasteiger partial charge in [0.25, 0.3) is 0 Å². The highest BCUT2D eigenvalue weighted by molar-refractivity contribution is 14.1. The number of hydrogen-bond acceptors (Lipinski definition) is 2. The van der Waals surface area contributed by atoms with Crippen LogP contribution in [-0.4, -0.2) is 0 Å². The Morgan fingerprint density at radius 2 is 1.79 bits per heavy atom. The molecule has 0 saturated heterocycles. The fraction of sp³-hybridized carbons (Fsp3) is 0.0769. The first-order valence-electron chi connectivity index (χ1n) is 5.39. The van der Waals surface area contributed by atoms with Gasteiger partial charge in [0.2, 0.25) is 0 Å². The molecule has 2 aromatic carbocycles. The maximum Gasteiger partial charge on any atom is 0.0735 e. The van der Waals surface area contributed by atoms with Crippen molar-refractivity contribution >= 4 is 57.4 Å². The molecule has 19 heavy (non-hydrogen) atoms. The average Bonchev–Trinajstić information content (AvgIpc) is 2.39. The number of benzene rings is 2. The summed E-state index contributed by atoms with van der Waals surface area (Å²) in [6.45, 7) is 0. The van der Waals surface area contributed by atoms with Gasteiger partial charge in [-0.15, -0.1) is 0 Å². The van der Waals surface area contributed by atoms with Crippen molar-refractivity contribution in [3.8, 4) is 0 Å². The van der Waals surface area contributed by atoms with Crippen molar-refractivity contribution in [3.63, 3.8) is 0 Å². The maximum atomic E-state index is 6.25. The van der Waals surface area contributed by atoms with E-state index in [1.54, 1.807) is 6.07 Å². The Labute approximate surface area is 140 Å². The molecule has 0 radical (unpaired) electrons. The predicted molar refractivity (Wildman–Crippen MR) is 89.8 cm³/mol. The summed E-state index contributed by atoms with van der Waals surface area (Å²) in [6.07, 6.45) is 0. The minimum atomic E-state index is -0.267. The molecule has 1 unspecified atom stereocenters. The summed E-state index contributed by atoms with van der Waals surface area (Å²) in [5, 5.41) is 1.63. The van der Waals surface area contributed by atoms with Crippen molar-refractivity contribution in [1.82, 2.24) is 5.43 Å². The Morgan fingerprint density at radius 3 is 2.47 bits per heavy atom. The van der Waals surface area contributed by atoms with E-state index in [-0.39, 0.29) is 6.04 Å². The van der Waals surface area contributed by atoms with Gasteiger partial charge in [-0.3, -0.25) is 5.84 Å². The molecule has 0 fully saturated rings. The van der Waals surface area contributed by atoms with E-state index in [1.165, 1.54) is 0 Å². The zero-order valence-corrected chi connectivity index (χ0v) is 14.1. The molecule has 2 rings (SSSR count). The zero-order chi connectivity index (χ0) is 14.0. The molecule has 3 N–H and O–H groups in total. The minimum absolute atomic E-state index is 0.267. The average molecular weight is 428 g/mol. The number of hydrazine groups is 1. The van der Waals surface area contributed by atoms with E-state index in [2.05, 4.69) is 28.0 Å². The summed E-state index contributed by atoms with van der Waals surface area (Å²) in [7, 11) is 0. The number of nitrogens with two attached hydrogens (primary N) is 1. The van der Waals surface area contributed by atoms with Gasteiger partial charge in [-0.25, -0.2) is 5.43 Å². The van der Waals surface area contributed by atoms with Crippen LogP contribution >= 0.6 is 57.4 Å². The van der Waals surface area contributed by atoms with E-state index < -0.39 is 0 Å². The maximum absolute atomic E-state index is 6.25. The van der Waals surface area contributed by atoms with Crippen LogP contribution in [0.2, 0.25) is 15.1 Å². The van der Waals surface area contributed by atoms with E-state index in [9.17, 15) is 0 Å². The van der Waals surface area contributed by atoms with E-state index in [0.717, 1.165) is 14.7 Å². The van der Waals surface area contributed by atoms with Crippen LogP contribution in [0.4, 0.5) is 0 Å². The van der Waals surface area contributed by atoms with Crippen molar-refractivity contribution in [2.45, 2.75) is 6.04 Å². The molecule has 2 nitrogen and oxygen atoms in total. The van der Waals surface area contributed by atoms with Crippen LogP contribution in [0.3, 0.4) is 0 Å². The number of nitrogens with one attached hydrogen (secondary N) is 1. The second-order valence-electron chi connectivity index (χ2n) is 3.91. The Hall–Kier alpha value is -0.0400. The number of rotatable bonds is 3. The molecule has 0 spiro atoms. The van der Waals surface area contributed by atoms with Crippen molar-refractivity contribution in [2.75, 3.05) is 0 Å². The molecule has 0 aliphatic carbocycles. The second-order valence-corrected chi connectivity index (χ2v) is 6.29. The van der Waals surface area contributed by atoms with Crippen LogP contribution in [0.5, 0.6) is 0 Å². The topological polar surface area (TPSA) is 38.0 Å². The van der Waals surface area contributed by atoms with Crippen LogP contribution in [0.15, 0.2) is 36.4 Å². The molecule has 0 aliphatic heterocycles. The molecule has 100 valence electrons. The third-order valence-electron chi connectivity index (χ3n) is 2.73. The third-order valence-corrected chi connectivity index (χ3v) is 4.78. The van der Waals surface area contributed by atoms with Gasteiger partial charge >= 0.3 is 0 Å². The highest BCUT2D eigenvalue weighted by Crippen LogP contribution is 2.35. The normalized spacial score (nSPS) is 12.5.